The molecule has 0 bridgehead atoms. The zero-order valence-corrected chi connectivity index (χ0v) is 13.9. The lowest BCUT2D eigenvalue weighted by Crippen LogP contribution is -2.47. The molecule has 1 amide bonds. The van der Waals surface area contributed by atoms with Crippen LogP contribution in [0.5, 0.6) is 0 Å². The number of amides is 1. The van der Waals surface area contributed by atoms with Crippen molar-refractivity contribution in [3.05, 3.63) is 29.8 Å². The molecule has 1 aromatic rings. The fourth-order valence-corrected chi connectivity index (χ4v) is 5.24. The van der Waals surface area contributed by atoms with Crippen molar-refractivity contribution in [1.29, 1.82) is 0 Å². The zero-order valence-electron chi connectivity index (χ0n) is 12.3. The molecule has 0 aromatic heterocycles. The van der Waals surface area contributed by atoms with E-state index in [-0.39, 0.29) is 17.3 Å². The van der Waals surface area contributed by atoms with Crippen molar-refractivity contribution in [1.82, 2.24) is 5.32 Å². The zero-order chi connectivity index (χ0) is 17.3. The van der Waals surface area contributed by atoms with Crippen LogP contribution >= 0.6 is 11.8 Å². The third kappa shape index (κ3) is 5.13. The smallest absolute Gasteiger partial charge is 0.349 e. The van der Waals surface area contributed by atoms with E-state index in [1.54, 1.807) is 6.92 Å². The number of carbonyl (C=O) groups is 1. The highest BCUT2D eigenvalue weighted by Gasteiger charge is 2.39. The fraction of sp³-hybridized carbons (Fsp3) is 0.500. The number of nitrogens with one attached hydrogen (secondary N) is 1. The maximum absolute atomic E-state index is 12.6. The lowest BCUT2D eigenvalue weighted by atomic mass is 10.0. The van der Waals surface area contributed by atoms with E-state index in [1.165, 1.54) is 12.1 Å². The first kappa shape index (κ1) is 18.1. The Hall–Kier alpha value is -1.22. The first-order valence-electron chi connectivity index (χ1n) is 6.81. The number of rotatable bonds is 4. The van der Waals surface area contributed by atoms with Crippen LogP contribution in [0, 0.1) is 0 Å². The number of halogens is 3. The largest absolute Gasteiger partial charge is 0.416 e. The van der Waals surface area contributed by atoms with Crippen molar-refractivity contribution >= 4 is 27.5 Å². The number of hydrogen-bond donors (Lipinski definition) is 1. The molecule has 1 aliphatic rings. The molecular formula is C14H16F3NO3S2. The second-order valence-corrected chi connectivity index (χ2v) is 9.00. The predicted octanol–water partition coefficient (Wildman–Crippen LogP) is 2.49. The first-order valence-corrected chi connectivity index (χ1v) is 9.61. The molecule has 0 radical (unpaired) electrons. The molecule has 0 spiro atoms. The highest BCUT2D eigenvalue weighted by Crippen LogP contribution is 2.32. The molecule has 0 unspecified atom stereocenters. The highest BCUT2D eigenvalue weighted by molar-refractivity contribution is 8.00. The van der Waals surface area contributed by atoms with Crippen molar-refractivity contribution in [2.45, 2.75) is 30.0 Å². The lowest BCUT2D eigenvalue weighted by Gasteiger charge is -2.23. The van der Waals surface area contributed by atoms with E-state index in [9.17, 15) is 26.4 Å². The molecule has 9 heteroatoms. The number of thioether (sulfide) groups is 1. The summed E-state index contributed by atoms with van der Waals surface area (Å²) in [7, 11) is -3.14. The van der Waals surface area contributed by atoms with Gasteiger partial charge in [-0.1, -0.05) is 6.07 Å². The van der Waals surface area contributed by atoms with Gasteiger partial charge in [0.2, 0.25) is 5.91 Å². The van der Waals surface area contributed by atoms with Crippen molar-refractivity contribution in [2.75, 3.05) is 17.3 Å². The molecule has 2 rings (SSSR count). The molecule has 1 fully saturated rings. The minimum Gasteiger partial charge on any atom is -0.349 e. The van der Waals surface area contributed by atoms with Gasteiger partial charge in [0.05, 0.1) is 28.4 Å². The summed E-state index contributed by atoms with van der Waals surface area (Å²) < 4.78 is 60.8. The van der Waals surface area contributed by atoms with Crippen LogP contribution in [0.1, 0.15) is 18.9 Å². The SMILES string of the molecule is C[C@@]1(NC(=O)CSc2cccc(C(F)(F)F)c2)CCS(=O)(=O)C1. The molecule has 1 heterocycles. The summed E-state index contributed by atoms with van der Waals surface area (Å²) in [6.07, 6.45) is -4.08. The minimum atomic E-state index is -4.43. The summed E-state index contributed by atoms with van der Waals surface area (Å²) >= 11 is 0.979. The molecule has 1 saturated heterocycles. The standard InChI is InChI=1S/C14H16F3NO3S2/c1-13(5-6-23(20,21)9-13)18-12(19)8-22-11-4-2-3-10(7-11)14(15,16)17/h2-4,7H,5-6,8-9H2,1H3,(H,18,19)/t13-/m1/s1. The number of sulfone groups is 1. The minimum absolute atomic E-state index is 0.0323. The van der Waals surface area contributed by atoms with Crippen molar-refractivity contribution < 1.29 is 26.4 Å². The van der Waals surface area contributed by atoms with Gasteiger partial charge in [-0.2, -0.15) is 13.2 Å². The van der Waals surface area contributed by atoms with Gasteiger partial charge in [-0.3, -0.25) is 4.79 Å². The van der Waals surface area contributed by atoms with Gasteiger partial charge in [0, 0.05) is 4.90 Å². The molecule has 0 saturated carbocycles. The Bertz CT molecular complexity index is 703. The average molecular weight is 367 g/mol. The van der Waals surface area contributed by atoms with Gasteiger partial charge in [-0.25, -0.2) is 8.42 Å². The summed E-state index contributed by atoms with van der Waals surface area (Å²) in [4.78, 5) is 12.3. The molecular weight excluding hydrogens is 351 g/mol. The maximum atomic E-state index is 12.6. The third-order valence-corrected chi connectivity index (χ3v) is 6.37. The van der Waals surface area contributed by atoms with Crippen molar-refractivity contribution in [3.63, 3.8) is 0 Å². The van der Waals surface area contributed by atoms with Crippen molar-refractivity contribution in [2.24, 2.45) is 0 Å². The van der Waals surface area contributed by atoms with Gasteiger partial charge >= 0.3 is 6.18 Å². The lowest BCUT2D eigenvalue weighted by molar-refractivity contribution is -0.137. The average Bonchev–Trinajstić information content (AvgIpc) is 2.69. The Balaban J connectivity index is 1.93. The molecule has 128 valence electrons. The number of hydrogen-bond acceptors (Lipinski definition) is 4. The summed E-state index contributed by atoms with van der Waals surface area (Å²) in [5, 5.41) is 2.66. The van der Waals surface area contributed by atoms with E-state index in [0.29, 0.717) is 11.3 Å². The molecule has 23 heavy (non-hydrogen) atoms. The quantitative estimate of drug-likeness (QED) is 0.831. The van der Waals surface area contributed by atoms with Crippen LogP contribution in [0.15, 0.2) is 29.2 Å². The van der Waals surface area contributed by atoms with Gasteiger partial charge in [-0.05, 0) is 31.5 Å². The Kier molecular flexibility index (Phi) is 5.00. The molecule has 1 aliphatic heterocycles. The van der Waals surface area contributed by atoms with E-state index in [4.69, 9.17) is 0 Å². The highest BCUT2D eigenvalue weighted by atomic mass is 32.2. The Morgan fingerprint density at radius 2 is 2.09 bits per heavy atom. The molecule has 1 aromatic carbocycles. The van der Waals surface area contributed by atoms with Gasteiger partial charge in [0.1, 0.15) is 0 Å². The number of benzene rings is 1. The number of carbonyl (C=O) groups excluding carboxylic acids is 1. The number of alkyl halides is 3. The van der Waals surface area contributed by atoms with E-state index in [0.717, 1.165) is 23.9 Å². The fourth-order valence-electron chi connectivity index (χ4n) is 2.39. The van der Waals surface area contributed by atoms with Crippen LogP contribution < -0.4 is 5.32 Å². The van der Waals surface area contributed by atoms with Gasteiger partial charge in [0.25, 0.3) is 0 Å². The van der Waals surface area contributed by atoms with Crippen LogP contribution in [0.25, 0.3) is 0 Å². The van der Waals surface area contributed by atoms with Crippen LogP contribution in [-0.2, 0) is 20.8 Å². The van der Waals surface area contributed by atoms with E-state index < -0.39 is 33.0 Å². The van der Waals surface area contributed by atoms with Gasteiger partial charge in [-0.15, -0.1) is 11.8 Å². The molecule has 0 aliphatic carbocycles. The molecule has 4 nitrogen and oxygen atoms in total. The van der Waals surface area contributed by atoms with Crippen LogP contribution in [-0.4, -0.2) is 37.1 Å². The van der Waals surface area contributed by atoms with Gasteiger partial charge in [0.15, 0.2) is 9.84 Å². The Morgan fingerprint density at radius 3 is 2.65 bits per heavy atom. The summed E-state index contributed by atoms with van der Waals surface area (Å²) in [6.45, 7) is 1.66. The Labute approximate surface area is 136 Å². The summed E-state index contributed by atoms with van der Waals surface area (Å²) in [5.41, 5.74) is -1.57. The summed E-state index contributed by atoms with van der Waals surface area (Å²) in [6, 6.07) is 4.73. The maximum Gasteiger partial charge on any atom is 0.416 e. The topological polar surface area (TPSA) is 63.2 Å². The second-order valence-electron chi connectivity index (χ2n) is 5.77. The van der Waals surface area contributed by atoms with E-state index in [1.807, 2.05) is 0 Å². The second kappa shape index (κ2) is 6.35. The normalized spacial score (nSPS) is 23.7. The third-order valence-electron chi connectivity index (χ3n) is 3.48. The van der Waals surface area contributed by atoms with E-state index >= 15 is 0 Å². The van der Waals surface area contributed by atoms with Gasteiger partial charge < -0.3 is 5.32 Å². The van der Waals surface area contributed by atoms with Crippen molar-refractivity contribution in [3.8, 4) is 0 Å². The predicted molar refractivity (Wildman–Crippen MR) is 82.0 cm³/mol. The van der Waals surface area contributed by atoms with Crippen LogP contribution in [0.3, 0.4) is 0 Å². The Morgan fingerprint density at radius 1 is 1.39 bits per heavy atom. The first-order chi connectivity index (χ1) is 10.5. The summed E-state index contributed by atoms with van der Waals surface area (Å²) in [5.74, 6) is -0.548. The monoisotopic (exact) mass is 367 g/mol. The van der Waals surface area contributed by atoms with Crippen LogP contribution in [0.2, 0.25) is 0 Å². The molecule has 1 N–H and O–H groups in total. The van der Waals surface area contributed by atoms with E-state index in [2.05, 4.69) is 5.32 Å². The van der Waals surface area contributed by atoms with Crippen LogP contribution in [0.4, 0.5) is 13.2 Å². The molecule has 1 atom stereocenters.